The Morgan fingerprint density at radius 2 is 2.09 bits per heavy atom. The molecule has 0 saturated heterocycles. The van der Waals surface area contributed by atoms with Crippen molar-refractivity contribution in [3.8, 4) is 0 Å². The third-order valence-corrected chi connectivity index (χ3v) is 4.65. The molecule has 1 heterocycles. The monoisotopic (exact) mass is 351 g/mol. The van der Waals surface area contributed by atoms with Gasteiger partial charge in [0.25, 0.3) is 0 Å². The zero-order valence-corrected chi connectivity index (χ0v) is 13.9. The second-order valence-electron chi connectivity index (χ2n) is 4.35. The minimum Gasteiger partial charge on any atom is -0.340 e. The van der Waals surface area contributed by atoms with Gasteiger partial charge in [-0.1, -0.05) is 17.7 Å². The molecule has 0 fully saturated rings. The molecule has 2 rings (SSSR count). The number of nitrogens with one attached hydrogen (secondary N) is 2. The molecule has 2 aromatic rings. The van der Waals surface area contributed by atoms with E-state index < -0.39 is 11.0 Å². The molecule has 0 aliphatic rings. The lowest BCUT2D eigenvalue weighted by molar-refractivity contribution is -0.380. The normalized spacial score (nSPS) is 10.2. The number of benzene rings is 1. The summed E-state index contributed by atoms with van der Waals surface area (Å²) in [6, 6.07) is 6.64. The maximum Gasteiger partial charge on any atom is 0.344 e. The molecular formula is C13H13N5O3S2. The van der Waals surface area contributed by atoms with Gasteiger partial charge in [0.1, 0.15) is 6.20 Å². The van der Waals surface area contributed by atoms with Gasteiger partial charge in [-0.05, 0) is 42.2 Å². The van der Waals surface area contributed by atoms with Gasteiger partial charge in [-0.15, -0.1) is 0 Å². The van der Waals surface area contributed by atoms with Crippen LogP contribution in [0.2, 0.25) is 0 Å². The van der Waals surface area contributed by atoms with Gasteiger partial charge in [0.15, 0.2) is 9.51 Å². The lowest BCUT2D eigenvalue weighted by Gasteiger charge is -2.21. The van der Waals surface area contributed by atoms with E-state index in [1.165, 1.54) is 11.9 Å². The topological polar surface area (TPSA) is 112 Å². The van der Waals surface area contributed by atoms with Gasteiger partial charge in [-0.3, -0.25) is 15.5 Å². The maximum atomic E-state index is 12.1. The maximum absolute atomic E-state index is 12.1. The standard InChI is InChI=1S/C13H13N5O3S2/c1-8-3-5-9(6-4-8)17(12(19)15-2)11(14)23-13-16-7-10(22-13)18(20)21/h3-7,14H,1-2H3,(H,15,19). The molecule has 0 radical (unpaired) electrons. The molecule has 8 nitrogen and oxygen atoms in total. The molecule has 2 N–H and O–H groups in total. The van der Waals surface area contributed by atoms with Crippen LogP contribution in [0.3, 0.4) is 0 Å². The number of hydrogen-bond acceptors (Lipinski definition) is 7. The number of carbonyl (C=O) groups is 1. The second-order valence-corrected chi connectivity index (χ2v) is 6.60. The number of nitro groups is 1. The van der Waals surface area contributed by atoms with Crippen molar-refractivity contribution in [1.29, 1.82) is 5.41 Å². The lowest BCUT2D eigenvalue weighted by Crippen LogP contribution is -2.41. The number of aryl methyl sites for hydroxylation is 1. The van der Waals surface area contributed by atoms with Crippen molar-refractivity contribution >= 4 is 45.0 Å². The summed E-state index contributed by atoms with van der Waals surface area (Å²) in [6.45, 7) is 1.92. The van der Waals surface area contributed by atoms with Crippen molar-refractivity contribution in [1.82, 2.24) is 10.3 Å². The number of carbonyl (C=O) groups excluding carboxylic acids is 1. The summed E-state index contributed by atoms with van der Waals surface area (Å²) in [6.07, 6.45) is 1.14. The smallest absolute Gasteiger partial charge is 0.340 e. The molecule has 0 unspecified atom stereocenters. The van der Waals surface area contributed by atoms with Crippen molar-refractivity contribution in [3.63, 3.8) is 0 Å². The highest BCUT2D eigenvalue weighted by atomic mass is 32.2. The van der Waals surface area contributed by atoms with Crippen LogP contribution in [0.5, 0.6) is 0 Å². The average Bonchev–Trinajstić information content (AvgIpc) is 2.98. The predicted octanol–water partition coefficient (Wildman–Crippen LogP) is 3.23. The van der Waals surface area contributed by atoms with Crippen LogP contribution in [0.1, 0.15) is 5.56 Å². The lowest BCUT2D eigenvalue weighted by atomic mass is 10.2. The summed E-state index contributed by atoms with van der Waals surface area (Å²) in [4.78, 5) is 27.3. The number of hydrogen-bond donors (Lipinski definition) is 2. The number of thiazole rings is 1. The Morgan fingerprint density at radius 1 is 1.43 bits per heavy atom. The van der Waals surface area contributed by atoms with Gasteiger partial charge in [-0.25, -0.2) is 14.7 Å². The summed E-state index contributed by atoms with van der Waals surface area (Å²) in [5.74, 6) is 0. The van der Waals surface area contributed by atoms with Crippen LogP contribution in [0, 0.1) is 22.4 Å². The van der Waals surface area contributed by atoms with E-state index >= 15 is 0 Å². The first-order valence-electron chi connectivity index (χ1n) is 6.37. The minimum absolute atomic E-state index is 0.0996. The third kappa shape index (κ3) is 4.05. The van der Waals surface area contributed by atoms with Crippen LogP contribution in [-0.2, 0) is 0 Å². The van der Waals surface area contributed by atoms with Crippen LogP contribution < -0.4 is 10.2 Å². The summed E-state index contributed by atoms with van der Waals surface area (Å²) >= 11 is 1.74. The fourth-order valence-corrected chi connectivity index (χ4v) is 3.32. The molecule has 0 atom stereocenters. The van der Waals surface area contributed by atoms with Crippen LogP contribution in [0.25, 0.3) is 0 Å². The molecule has 2 amide bonds. The first kappa shape index (κ1) is 16.9. The van der Waals surface area contributed by atoms with Gasteiger partial charge in [0.05, 0.1) is 10.6 Å². The fraction of sp³-hybridized carbons (Fsp3) is 0.154. The molecular weight excluding hydrogens is 338 g/mol. The van der Waals surface area contributed by atoms with E-state index in [9.17, 15) is 14.9 Å². The summed E-state index contributed by atoms with van der Waals surface area (Å²) < 4.78 is 0.322. The first-order valence-corrected chi connectivity index (χ1v) is 8.01. The summed E-state index contributed by atoms with van der Waals surface area (Å²) in [5, 5.41) is 21.1. The number of rotatable bonds is 3. The average molecular weight is 351 g/mol. The Hall–Kier alpha value is -2.46. The summed E-state index contributed by atoms with van der Waals surface area (Å²) in [5.41, 5.74) is 1.55. The van der Waals surface area contributed by atoms with Crippen molar-refractivity contribution < 1.29 is 9.72 Å². The van der Waals surface area contributed by atoms with Crippen molar-refractivity contribution in [2.75, 3.05) is 11.9 Å². The van der Waals surface area contributed by atoms with Gasteiger partial charge >= 0.3 is 11.0 Å². The molecule has 0 aliphatic heterocycles. The SMILES string of the molecule is CNC(=O)N(C(=N)Sc1ncc([N+](=O)[O-])s1)c1ccc(C)cc1. The number of anilines is 1. The van der Waals surface area contributed by atoms with Gasteiger partial charge < -0.3 is 5.32 Å². The highest BCUT2D eigenvalue weighted by Gasteiger charge is 2.22. The van der Waals surface area contributed by atoms with Crippen LogP contribution in [-0.4, -0.2) is 28.2 Å². The number of urea groups is 1. The van der Waals surface area contributed by atoms with Gasteiger partial charge in [0.2, 0.25) is 0 Å². The zero-order valence-electron chi connectivity index (χ0n) is 12.3. The highest BCUT2D eigenvalue weighted by Crippen LogP contribution is 2.31. The molecule has 120 valence electrons. The Bertz CT molecular complexity index is 744. The van der Waals surface area contributed by atoms with Crippen LogP contribution >= 0.6 is 23.1 Å². The Balaban J connectivity index is 2.24. The Labute approximate surface area is 140 Å². The molecule has 0 aliphatic carbocycles. The molecule has 10 heteroatoms. The van der Waals surface area contributed by atoms with E-state index in [4.69, 9.17) is 5.41 Å². The van der Waals surface area contributed by atoms with E-state index in [1.807, 2.05) is 19.1 Å². The largest absolute Gasteiger partial charge is 0.344 e. The quantitative estimate of drug-likeness (QED) is 0.290. The third-order valence-electron chi connectivity index (χ3n) is 2.75. The van der Waals surface area contributed by atoms with E-state index in [0.29, 0.717) is 10.0 Å². The van der Waals surface area contributed by atoms with Gasteiger partial charge in [-0.2, -0.15) is 0 Å². The number of aromatic nitrogens is 1. The molecule has 1 aromatic carbocycles. The Kier molecular flexibility index (Phi) is 5.29. The summed E-state index contributed by atoms with van der Waals surface area (Å²) in [7, 11) is 1.47. The van der Waals surface area contributed by atoms with Crippen LogP contribution in [0.4, 0.5) is 15.5 Å². The number of thioether (sulfide) groups is 1. The second kappa shape index (κ2) is 7.20. The zero-order chi connectivity index (χ0) is 17.0. The highest BCUT2D eigenvalue weighted by molar-refractivity contribution is 8.15. The predicted molar refractivity (Wildman–Crippen MR) is 90.5 cm³/mol. The first-order chi connectivity index (χ1) is 10.9. The molecule has 23 heavy (non-hydrogen) atoms. The molecule has 0 bridgehead atoms. The number of amides is 2. The van der Waals surface area contributed by atoms with Crippen molar-refractivity contribution in [2.45, 2.75) is 11.3 Å². The van der Waals surface area contributed by atoms with Crippen molar-refractivity contribution in [2.24, 2.45) is 0 Å². The van der Waals surface area contributed by atoms with Crippen LogP contribution in [0.15, 0.2) is 34.8 Å². The van der Waals surface area contributed by atoms with E-state index in [-0.39, 0.29) is 10.2 Å². The van der Waals surface area contributed by atoms with E-state index in [0.717, 1.165) is 34.9 Å². The molecule has 0 spiro atoms. The fourth-order valence-electron chi connectivity index (χ4n) is 1.64. The van der Waals surface area contributed by atoms with E-state index in [1.54, 1.807) is 12.1 Å². The van der Waals surface area contributed by atoms with Gasteiger partial charge in [0, 0.05) is 7.05 Å². The molecule has 1 aromatic heterocycles. The minimum atomic E-state index is -0.540. The number of amidine groups is 1. The molecule has 0 saturated carbocycles. The Morgan fingerprint density at radius 3 is 2.61 bits per heavy atom. The van der Waals surface area contributed by atoms with Crippen molar-refractivity contribution in [3.05, 3.63) is 46.1 Å². The number of nitrogens with zero attached hydrogens (tertiary/aromatic N) is 3. The van der Waals surface area contributed by atoms with E-state index in [2.05, 4.69) is 10.3 Å².